The molecule has 0 fully saturated rings. The van der Waals surface area contributed by atoms with Gasteiger partial charge in [0, 0.05) is 10.0 Å². The van der Waals surface area contributed by atoms with Crippen molar-refractivity contribution in [1.29, 1.82) is 0 Å². The largest absolute Gasteiger partial charge is 0.300 e. The molecule has 0 aromatic heterocycles. The van der Waals surface area contributed by atoms with E-state index in [9.17, 15) is 0 Å². The van der Waals surface area contributed by atoms with Crippen molar-refractivity contribution >= 4 is 23.2 Å². The molecular formula is C11H11Cl2N. The molecule has 0 saturated carbocycles. The molecule has 74 valence electrons. The van der Waals surface area contributed by atoms with Gasteiger partial charge in [-0.05, 0) is 24.2 Å². The Kier molecular flexibility index (Phi) is 4.28. The average molecular weight is 228 g/mol. The van der Waals surface area contributed by atoms with Crippen LogP contribution in [-0.2, 0) is 0 Å². The summed E-state index contributed by atoms with van der Waals surface area (Å²) in [4.78, 5) is 0. The van der Waals surface area contributed by atoms with E-state index >= 15 is 0 Å². The summed E-state index contributed by atoms with van der Waals surface area (Å²) in [6.07, 6.45) is 5.39. The lowest BCUT2D eigenvalue weighted by atomic mass is 10.1. The van der Waals surface area contributed by atoms with Crippen molar-refractivity contribution in [2.75, 3.05) is 6.54 Å². The molecule has 0 bridgehead atoms. The van der Waals surface area contributed by atoms with E-state index < -0.39 is 0 Å². The van der Waals surface area contributed by atoms with Gasteiger partial charge < -0.3 is 5.32 Å². The van der Waals surface area contributed by atoms with E-state index in [0.717, 1.165) is 12.1 Å². The van der Waals surface area contributed by atoms with Crippen LogP contribution in [-0.4, -0.2) is 6.54 Å². The van der Waals surface area contributed by atoms with Gasteiger partial charge >= 0.3 is 0 Å². The first-order valence-corrected chi connectivity index (χ1v) is 5.09. The van der Waals surface area contributed by atoms with Gasteiger partial charge in [-0.1, -0.05) is 42.1 Å². The van der Waals surface area contributed by atoms with E-state index in [4.69, 9.17) is 29.6 Å². The molecule has 0 heterocycles. The van der Waals surface area contributed by atoms with Gasteiger partial charge in [0.1, 0.15) is 0 Å². The van der Waals surface area contributed by atoms with Crippen LogP contribution < -0.4 is 5.32 Å². The van der Waals surface area contributed by atoms with Gasteiger partial charge in [0.2, 0.25) is 0 Å². The molecule has 0 radical (unpaired) electrons. The third-order valence-corrected chi connectivity index (χ3v) is 2.41. The summed E-state index contributed by atoms with van der Waals surface area (Å²) < 4.78 is 0. The molecule has 1 aromatic carbocycles. The monoisotopic (exact) mass is 227 g/mol. The normalized spacial score (nSPS) is 12.1. The summed E-state index contributed by atoms with van der Waals surface area (Å²) in [6, 6.07) is 5.17. The third kappa shape index (κ3) is 2.65. The fourth-order valence-corrected chi connectivity index (χ4v) is 1.72. The Morgan fingerprint density at radius 3 is 2.71 bits per heavy atom. The van der Waals surface area contributed by atoms with Gasteiger partial charge in [-0.3, -0.25) is 0 Å². The zero-order valence-corrected chi connectivity index (χ0v) is 9.36. The minimum Gasteiger partial charge on any atom is -0.300 e. The molecule has 3 heteroatoms. The average Bonchev–Trinajstić information content (AvgIpc) is 2.15. The Bertz CT molecular complexity index is 355. The van der Waals surface area contributed by atoms with Crippen LogP contribution in [0.15, 0.2) is 18.2 Å². The highest BCUT2D eigenvalue weighted by Crippen LogP contribution is 2.25. The fraction of sp³-hybridized carbons (Fsp3) is 0.273. The highest BCUT2D eigenvalue weighted by atomic mass is 35.5. The van der Waals surface area contributed by atoms with Crippen molar-refractivity contribution < 1.29 is 0 Å². The molecule has 1 aromatic rings. The van der Waals surface area contributed by atoms with Crippen LogP contribution in [0.1, 0.15) is 18.5 Å². The number of benzene rings is 1. The predicted octanol–water partition coefficient (Wildman–Crippen LogP) is 3.28. The molecule has 14 heavy (non-hydrogen) atoms. The fourth-order valence-electron chi connectivity index (χ4n) is 1.20. The summed E-state index contributed by atoms with van der Waals surface area (Å²) in [6.45, 7) is 2.79. The summed E-state index contributed by atoms with van der Waals surface area (Å²) in [5.41, 5.74) is 0.889. The quantitative estimate of drug-likeness (QED) is 0.783. The Morgan fingerprint density at radius 2 is 2.21 bits per heavy atom. The first-order valence-electron chi connectivity index (χ1n) is 4.33. The van der Waals surface area contributed by atoms with Gasteiger partial charge in [-0.2, -0.15) is 0 Å². The number of terminal acetylenes is 1. The lowest BCUT2D eigenvalue weighted by molar-refractivity contribution is 0.665. The SMILES string of the molecule is C#CC(NCC)c1ccc(Cl)cc1Cl. The second-order valence-corrected chi connectivity index (χ2v) is 3.67. The Labute approximate surface area is 94.4 Å². The summed E-state index contributed by atoms with van der Waals surface area (Å²) in [7, 11) is 0. The molecule has 0 aliphatic rings. The van der Waals surface area contributed by atoms with Gasteiger partial charge in [-0.25, -0.2) is 0 Å². The van der Waals surface area contributed by atoms with E-state index in [0.29, 0.717) is 10.0 Å². The first-order chi connectivity index (χ1) is 6.69. The van der Waals surface area contributed by atoms with Gasteiger partial charge in [0.05, 0.1) is 6.04 Å². The standard InChI is InChI=1S/C11H11Cl2N/c1-3-11(14-4-2)9-6-5-8(12)7-10(9)13/h1,5-7,11,14H,4H2,2H3. The van der Waals surface area contributed by atoms with Crippen LogP contribution in [0.4, 0.5) is 0 Å². The topological polar surface area (TPSA) is 12.0 Å². The highest BCUT2D eigenvalue weighted by molar-refractivity contribution is 6.35. The maximum absolute atomic E-state index is 6.02. The minimum absolute atomic E-state index is 0.148. The first kappa shape index (κ1) is 11.4. The number of hydrogen-bond acceptors (Lipinski definition) is 1. The Morgan fingerprint density at radius 1 is 1.50 bits per heavy atom. The van der Waals surface area contributed by atoms with E-state index in [1.165, 1.54) is 0 Å². The molecule has 1 unspecified atom stereocenters. The smallest absolute Gasteiger partial charge is 0.0957 e. The van der Waals surface area contributed by atoms with Crippen molar-refractivity contribution in [3.8, 4) is 12.3 Å². The van der Waals surface area contributed by atoms with E-state index in [1.807, 2.05) is 13.0 Å². The lowest BCUT2D eigenvalue weighted by Crippen LogP contribution is -2.19. The van der Waals surface area contributed by atoms with Gasteiger partial charge in [0.15, 0.2) is 0 Å². The Balaban J connectivity index is 3.00. The van der Waals surface area contributed by atoms with E-state index in [1.54, 1.807) is 12.1 Å². The van der Waals surface area contributed by atoms with Crippen LogP contribution in [0, 0.1) is 12.3 Å². The van der Waals surface area contributed by atoms with Gasteiger partial charge in [0.25, 0.3) is 0 Å². The van der Waals surface area contributed by atoms with E-state index in [-0.39, 0.29) is 6.04 Å². The molecule has 0 spiro atoms. The molecule has 1 N–H and O–H groups in total. The van der Waals surface area contributed by atoms with Crippen molar-refractivity contribution in [1.82, 2.24) is 5.32 Å². The number of hydrogen-bond donors (Lipinski definition) is 1. The third-order valence-electron chi connectivity index (χ3n) is 1.85. The zero-order chi connectivity index (χ0) is 10.6. The molecule has 0 amide bonds. The van der Waals surface area contributed by atoms with Crippen molar-refractivity contribution in [2.45, 2.75) is 13.0 Å². The lowest BCUT2D eigenvalue weighted by Gasteiger charge is -2.13. The van der Waals surface area contributed by atoms with Crippen LogP contribution in [0.3, 0.4) is 0 Å². The van der Waals surface area contributed by atoms with Crippen LogP contribution in [0.5, 0.6) is 0 Å². The molecule has 1 nitrogen and oxygen atoms in total. The van der Waals surface area contributed by atoms with Crippen LogP contribution in [0.25, 0.3) is 0 Å². The van der Waals surface area contributed by atoms with E-state index in [2.05, 4.69) is 11.2 Å². The van der Waals surface area contributed by atoms with Crippen molar-refractivity contribution in [3.63, 3.8) is 0 Å². The highest BCUT2D eigenvalue weighted by Gasteiger charge is 2.10. The zero-order valence-electron chi connectivity index (χ0n) is 7.85. The van der Waals surface area contributed by atoms with Crippen molar-refractivity contribution in [2.24, 2.45) is 0 Å². The summed E-state index contributed by atoms with van der Waals surface area (Å²) >= 11 is 11.8. The maximum atomic E-state index is 6.02. The van der Waals surface area contributed by atoms with Crippen LogP contribution in [0.2, 0.25) is 10.0 Å². The minimum atomic E-state index is -0.148. The molecule has 0 aliphatic carbocycles. The number of halogens is 2. The second-order valence-electron chi connectivity index (χ2n) is 2.82. The molecule has 1 rings (SSSR count). The van der Waals surface area contributed by atoms with Crippen molar-refractivity contribution in [3.05, 3.63) is 33.8 Å². The number of nitrogens with one attached hydrogen (secondary N) is 1. The molecule has 0 aliphatic heterocycles. The predicted molar refractivity (Wildman–Crippen MR) is 61.7 cm³/mol. The molecule has 0 saturated heterocycles. The summed E-state index contributed by atoms with van der Waals surface area (Å²) in [5, 5.41) is 4.36. The molecular weight excluding hydrogens is 217 g/mol. The Hall–Kier alpha value is -0.680. The maximum Gasteiger partial charge on any atom is 0.0957 e. The number of rotatable bonds is 3. The van der Waals surface area contributed by atoms with Gasteiger partial charge in [-0.15, -0.1) is 6.42 Å². The second kappa shape index (κ2) is 5.26. The summed E-state index contributed by atoms with van der Waals surface area (Å²) in [5.74, 6) is 2.64. The van der Waals surface area contributed by atoms with Crippen LogP contribution >= 0.6 is 23.2 Å². The molecule has 1 atom stereocenters.